The zero-order chi connectivity index (χ0) is 36.1. The van der Waals surface area contributed by atoms with Crippen LogP contribution in [0, 0.1) is 30.6 Å². The van der Waals surface area contributed by atoms with Crippen molar-refractivity contribution < 1.29 is 53.4 Å². The lowest BCUT2D eigenvalue weighted by Gasteiger charge is -2.38. The topological polar surface area (TPSA) is 178 Å². The molecule has 0 radical (unpaired) electrons. The number of benzene rings is 2. The molecule has 0 fully saturated rings. The molecule has 3 heterocycles. The summed E-state index contributed by atoms with van der Waals surface area (Å²) in [6.07, 6.45) is 4.52. The van der Waals surface area contributed by atoms with Gasteiger partial charge in [0.15, 0.2) is 5.58 Å². The number of hydrogen-bond acceptors (Lipinski definition) is 12. The summed E-state index contributed by atoms with van der Waals surface area (Å²) in [5.74, 6) is -5.46. The molecule has 0 spiro atoms. The number of oxazole rings is 1. The summed E-state index contributed by atoms with van der Waals surface area (Å²) in [5, 5.41) is 45.4. The van der Waals surface area contributed by atoms with Gasteiger partial charge < -0.3 is 43.8 Å². The molecule has 49 heavy (non-hydrogen) atoms. The number of aromatic hydroxyl groups is 2. The summed E-state index contributed by atoms with van der Waals surface area (Å²) in [5.41, 5.74) is 1.30. The van der Waals surface area contributed by atoms with Gasteiger partial charge in [0.25, 0.3) is 5.78 Å². The molecule has 2 aliphatic heterocycles. The maximum Gasteiger partial charge on any atom is 0.312 e. The zero-order valence-corrected chi connectivity index (χ0v) is 29.2. The molecule has 0 aliphatic carbocycles. The molecule has 1 aromatic heterocycles. The average molecular weight is 680 g/mol. The molecule has 12 nitrogen and oxygen atoms in total. The number of fused-ring (bicyclic) bond motifs is 2. The van der Waals surface area contributed by atoms with Crippen LogP contribution < -0.4 is 4.74 Å². The van der Waals surface area contributed by atoms with E-state index in [-0.39, 0.29) is 62.1 Å². The van der Waals surface area contributed by atoms with Crippen molar-refractivity contribution in [2.24, 2.45) is 23.7 Å². The maximum absolute atomic E-state index is 14.0. The monoisotopic (exact) mass is 679 g/mol. The number of carbonyl (C=O) groups excluding carboxylic acids is 2. The molecule has 3 aromatic rings. The van der Waals surface area contributed by atoms with Crippen molar-refractivity contribution in [3.63, 3.8) is 0 Å². The van der Waals surface area contributed by atoms with Crippen LogP contribution in [0.1, 0.15) is 70.3 Å². The number of phenolic OH excluding ortho intramolecular Hbond substituents is 2. The molecule has 2 aromatic carbocycles. The Hall–Kier alpha value is -4.39. The first kappa shape index (κ1) is 35.9. The van der Waals surface area contributed by atoms with Crippen LogP contribution in [0.25, 0.3) is 27.4 Å². The van der Waals surface area contributed by atoms with Crippen molar-refractivity contribution in [1.82, 2.24) is 4.98 Å². The van der Waals surface area contributed by atoms with Gasteiger partial charge in [-0.2, -0.15) is 0 Å². The largest absolute Gasteiger partial charge is 0.507 e. The van der Waals surface area contributed by atoms with E-state index in [0.717, 1.165) is 0 Å². The number of esters is 1. The van der Waals surface area contributed by atoms with Crippen LogP contribution in [0.15, 0.2) is 41.0 Å². The zero-order valence-electron chi connectivity index (χ0n) is 29.2. The van der Waals surface area contributed by atoms with E-state index < -0.39 is 59.7 Å². The van der Waals surface area contributed by atoms with Crippen LogP contribution >= 0.6 is 0 Å². The number of nitrogens with zero attached hydrogens (tertiary/aromatic N) is 1. The highest BCUT2D eigenvalue weighted by atomic mass is 16.7. The number of Topliss-reactive ketones (excluding diaryl/α,β-unsaturated/α-hetero) is 1. The van der Waals surface area contributed by atoms with Crippen LogP contribution in [-0.4, -0.2) is 74.5 Å². The Morgan fingerprint density at radius 3 is 2.35 bits per heavy atom. The number of aliphatic hydroxyl groups is 2. The van der Waals surface area contributed by atoms with E-state index in [9.17, 15) is 30.0 Å². The minimum absolute atomic E-state index is 0.0169. The number of aromatic nitrogens is 1. The summed E-state index contributed by atoms with van der Waals surface area (Å²) in [7, 11) is 1.46. The smallest absolute Gasteiger partial charge is 0.312 e. The van der Waals surface area contributed by atoms with E-state index in [2.05, 4.69) is 4.98 Å². The Bertz CT molecular complexity index is 1870. The van der Waals surface area contributed by atoms with Gasteiger partial charge in [-0.3, -0.25) is 9.59 Å². The fraction of sp³-hybridized carbons (Fsp3) is 0.486. The van der Waals surface area contributed by atoms with Gasteiger partial charge in [0.05, 0.1) is 35.5 Å². The van der Waals surface area contributed by atoms with Crippen molar-refractivity contribution in [2.45, 2.75) is 85.6 Å². The predicted octanol–water partition coefficient (Wildman–Crippen LogP) is 5.71. The lowest BCUT2D eigenvalue weighted by atomic mass is 9.78. The van der Waals surface area contributed by atoms with Crippen molar-refractivity contribution in [1.29, 1.82) is 0 Å². The highest BCUT2D eigenvalue weighted by Gasteiger charge is 2.49. The number of methoxy groups -OCH3 is 1. The van der Waals surface area contributed by atoms with Crippen molar-refractivity contribution in [3.8, 4) is 17.2 Å². The normalized spacial score (nSPS) is 32.4. The number of ether oxygens (including phenoxy) is 4. The standard InChI is InChI=1S/C37H45NO11/c1-16-11-10-12-17(2)36-38-23-15-24(40)26-27(34(23)48-36)31(43)21(6)33-28(26)35(44)37(8,49-33)46-14-13-25(45-9)18(3)32(47-22(7)39)20(5)30(42)19(4)29(16)41/h10-16,18-20,25,29-30,32,40-43H,1-9H3/b11-10+,14-13+,17-12?. The van der Waals surface area contributed by atoms with Gasteiger partial charge in [0, 0.05) is 67.2 Å². The van der Waals surface area contributed by atoms with Crippen LogP contribution in [0.4, 0.5) is 0 Å². The number of allylic oxidation sites excluding steroid dienone is 3. The molecule has 0 saturated carbocycles. The fourth-order valence-electron chi connectivity index (χ4n) is 6.89. The SMILES string of the molecule is COC1/C=C/OC2(C)Oc3c(C)c(O)c4c(c(O)cc5nc(oc54)C(C)=C/C=C/C(C)C(O)C(C)C(O)C(C)C(OC(C)=O)C1C)c3C2=O. The first-order chi connectivity index (χ1) is 23.0. The highest BCUT2D eigenvalue weighted by Crippen LogP contribution is 2.51. The first-order valence-corrected chi connectivity index (χ1v) is 16.3. The van der Waals surface area contributed by atoms with Crippen molar-refractivity contribution in [3.05, 3.63) is 53.7 Å². The van der Waals surface area contributed by atoms with E-state index in [1.807, 2.05) is 6.92 Å². The second-order valence-corrected chi connectivity index (χ2v) is 13.4. The predicted molar refractivity (Wildman–Crippen MR) is 181 cm³/mol. The minimum Gasteiger partial charge on any atom is -0.507 e. The first-order valence-electron chi connectivity index (χ1n) is 16.3. The molecule has 12 heteroatoms. The summed E-state index contributed by atoms with van der Waals surface area (Å²) in [4.78, 5) is 30.8. The van der Waals surface area contributed by atoms with Gasteiger partial charge >= 0.3 is 11.8 Å². The van der Waals surface area contributed by atoms with E-state index in [0.29, 0.717) is 5.57 Å². The molecular weight excluding hydrogens is 634 g/mol. The minimum atomic E-state index is -1.89. The lowest BCUT2D eigenvalue weighted by Crippen LogP contribution is -2.46. The number of ketones is 1. The molecule has 9 unspecified atom stereocenters. The molecule has 0 amide bonds. The third kappa shape index (κ3) is 6.28. The van der Waals surface area contributed by atoms with Gasteiger partial charge in [-0.05, 0) is 19.9 Å². The Morgan fingerprint density at radius 1 is 1.00 bits per heavy atom. The summed E-state index contributed by atoms with van der Waals surface area (Å²) >= 11 is 0. The van der Waals surface area contributed by atoms with Gasteiger partial charge in [-0.25, -0.2) is 4.98 Å². The van der Waals surface area contributed by atoms with Gasteiger partial charge in [0.2, 0.25) is 5.89 Å². The van der Waals surface area contributed by atoms with Crippen LogP contribution in [0.3, 0.4) is 0 Å². The molecule has 9 atom stereocenters. The van der Waals surface area contributed by atoms with Crippen LogP contribution in [-0.2, 0) is 19.0 Å². The average Bonchev–Trinajstić information content (AvgIpc) is 3.60. The lowest BCUT2D eigenvalue weighted by molar-refractivity contribution is -0.160. The van der Waals surface area contributed by atoms with Crippen LogP contribution in [0.5, 0.6) is 17.2 Å². The maximum atomic E-state index is 14.0. The number of rotatable bonds is 2. The Balaban J connectivity index is 1.68. The van der Waals surface area contributed by atoms with E-state index in [4.69, 9.17) is 23.4 Å². The molecule has 6 bridgehead atoms. The molecule has 2 aliphatic rings. The third-order valence-corrected chi connectivity index (χ3v) is 9.95. The van der Waals surface area contributed by atoms with Crippen molar-refractivity contribution in [2.75, 3.05) is 7.11 Å². The molecule has 0 saturated heterocycles. The quantitative estimate of drug-likeness (QED) is 0.243. The highest BCUT2D eigenvalue weighted by molar-refractivity contribution is 6.23. The van der Waals surface area contributed by atoms with Crippen molar-refractivity contribution >= 4 is 39.2 Å². The second-order valence-electron chi connectivity index (χ2n) is 13.4. The van der Waals surface area contributed by atoms with Gasteiger partial charge in [-0.15, -0.1) is 0 Å². The second kappa shape index (κ2) is 13.5. The fourth-order valence-corrected chi connectivity index (χ4v) is 6.89. The van der Waals surface area contributed by atoms with E-state index in [1.54, 1.807) is 58.9 Å². The molecule has 264 valence electrons. The van der Waals surface area contributed by atoms with Gasteiger partial charge in [-0.1, -0.05) is 45.9 Å². The molecular formula is C37H45NO11. The summed E-state index contributed by atoms with van der Waals surface area (Å²) in [6.45, 7) is 13.2. The van der Waals surface area contributed by atoms with E-state index >= 15 is 0 Å². The Labute approximate surface area is 284 Å². The van der Waals surface area contributed by atoms with Crippen LogP contribution in [0.2, 0.25) is 0 Å². The molecule has 4 N–H and O–H groups in total. The Morgan fingerprint density at radius 2 is 1.69 bits per heavy atom. The third-order valence-electron chi connectivity index (χ3n) is 9.95. The molecule has 5 rings (SSSR count). The number of aliphatic hydroxyl groups excluding tert-OH is 2. The summed E-state index contributed by atoms with van der Waals surface area (Å²) in [6, 6.07) is 1.36. The summed E-state index contributed by atoms with van der Waals surface area (Å²) < 4.78 is 29.6. The number of hydrogen-bond donors (Lipinski definition) is 4. The number of carbonyl (C=O) groups is 2. The van der Waals surface area contributed by atoms with Gasteiger partial charge in [0.1, 0.15) is 28.9 Å². The Kier molecular flexibility index (Phi) is 9.89. The van der Waals surface area contributed by atoms with E-state index in [1.165, 1.54) is 33.3 Å². The number of phenols is 2.